The molecule has 35 heavy (non-hydrogen) atoms. The van der Waals surface area contributed by atoms with Crippen molar-refractivity contribution >= 4 is 56.1 Å². The molecule has 3 heterocycles. The van der Waals surface area contributed by atoms with Gasteiger partial charge in [-0.2, -0.15) is 5.10 Å². The molecular weight excluding hydrogens is 474 g/mol. The number of para-hydroxylation sites is 1. The van der Waals surface area contributed by atoms with E-state index in [2.05, 4.69) is 67.0 Å². The molecular formula is C28H20ClN5S. The maximum atomic E-state index is 6.42. The molecule has 1 N–H and O–H groups in total. The van der Waals surface area contributed by atoms with Gasteiger partial charge in [-0.3, -0.25) is 5.43 Å². The lowest BCUT2D eigenvalue weighted by molar-refractivity contribution is 0.836. The molecule has 0 spiro atoms. The van der Waals surface area contributed by atoms with Crippen LogP contribution >= 0.6 is 22.9 Å². The Kier molecular flexibility index (Phi) is 5.74. The highest BCUT2D eigenvalue weighted by Crippen LogP contribution is 2.36. The molecule has 0 radical (unpaired) electrons. The van der Waals surface area contributed by atoms with E-state index in [4.69, 9.17) is 11.6 Å². The largest absolute Gasteiger partial charge is 0.342 e. The van der Waals surface area contributed by atoms with Gasteiger partial charge in [-0.1, -0.05) is 78.3 Å². The third kappa shape index (κ3) is 4.18. The van der Waals surface area contributed by atoms with Crippen LogP contribution in [0.1, 0.15) is 11.1 Å². The third-order valence-corrected chi connectivity index (χ3v) is 7.20. The fraction of sp³-hybridized carbons (Fsp3) is 0.0357. The van der Waals surface area contributed by atoms with E-state index in [1.807, 2.05) is 54.7 Å². The molecule has 3 aromatic carbocycles. The molecule has 0 bridgehead atoms. The fourth-order valence-corrected chi connectivity index (χ4v) is 5.38. The highest BCUT2D eigenvalue weighted by Gasteiger charge is 2.13. The highest BCUT2D eigenvalue weighted by atomic mass is 35.5. The summed E-state index contributed by atoms with van der Waals surface area (Å²) in [5.74, 6) is 0.686. The van der Waals surface area contributed by atoms with Crippen molar-refractivity contribution in [3.8, 4) is 11.1 Å². The first kappa shape index (κ1) is 21.5. The van der Waals surface area contributed by atoms with Crippen LogP contribution < -0.4 is 5.43 Å². The number of hydrazone groups is 1. The van der Waals surface area contributed by atoms with Crippen LogP contribution in [0.15, 0.2) is 102 Å². The minimum absolute atomic E-state index is 0.684. The number of aromatic nitrogens is 3. The van der Waals surface area contributed by atoms with E-state index in [0.29, 0.717) is 12.4 Å². The number of fused-ring (bicyclic) bond motifs is 2. The van der Waals surface area contributed by atoms with E-state index in [1.54, 1.807) is 17.7 Å². The van der Waals surface area contributed by atoms with Crippen LogP contribution in [0.25, 0.3) is 32.2 Å². The predicted molar refractivity (Wildman–Crippen MR) is 147 cm³/mol. The average molecular weight is 494 g/mol. The zero-order valence-electron chi connectivity index (χ0n) is 18.6. The molecule has 5 nitrogen and oxygen atoms in total. The maximum Gasteiger partial charge on any atom is 0.159 e. The summed E-state index contributed by atoms with van der Waals surface area (Å²) in [6, 6.07) is 26.5. The second kappa shape index (κ2) is 9.33. The fourth-order valence-electron chi connectivity index (χ4n) is 4.27. The molecule has 7 heteroatoms. The summed E-state index contributed by atoms with van der Waals surface area (Å²) >= 11 is 8.02. The van der Waals surface area contributed by atoms with Gasteiger partial charge < -0.3 is 4.57 Å². The predicted octanol–water partition coefficient (Wildman–Crippen LogP) is 7.46. The van der Waals surface area contributed by atoms with Crippen molar-refractivity contribution in [3.05, 3.63) is 113 Å². The molecule has 0 saturated heterocycles. The van der Waals surface area contributed by atoms with E-state index >= 15 is 0 Å². The standard InChI is InChI=1S/C28H20ClN5S/c29-24-12-6-4-10-20(24)15-34-16-21(22-11-5-7-13-25(22)34)14-32-33-27-26-23(19-8-2-1-3-9-19)17-35-28(26)31-18-30-27/h1-14,16-18H,15H2,(H,30,31,33). The Labute approximate surface area is 211 Å². The second-order valence-electron chi connectivity index (χ2n) is 8.11. The zero-order chi connectivity index (χ0) is 23.6. The molecule has 0 unspecified atom stereocenters. The van der Waals surface area contributed by atoms with Gasteiger partial charge in [0, 0.05) is 45.2 Å². The van der Waals surface area contributed by atoms with Gasteiger partial charge in [0.2, 0.25) is 0 Å². The number of hydrogen-bond donors (Lipinski definition) is 1. The Bertz CT molecular complexity index is 1670. The van der Waals surface area contributed by atoms with Gasteiger partial charge in [0.25, 0.3) is 0 Å². The van der Waals surface area contributed by atoms with Crippen LogP contribution in [0.5, 0.6) is 0 Å². The Morgan fingerprint density at radius 1 is 0.943 bits per heavy atom. The smallest absolute Gasteiger partial charge is 0.159 e. The van der Waals surface area contributed by atoms with Crippen molar-refractivity contribution in [2.24, 2.45) is 5.10 Å². The van der Waals surface area contributed by atoms with Gasteiger partial charge >= 0.3 is 0 Å². The van der Waals surface area contributed by atoms with Gasteiger partial charge in [0.15, 0.2) is 5.82 Å². The minimum atomic E-state index is 0.684. The third-order valence-electron chi connectivity index (χ3n) is 5.95. The molecule has 0 atom stereocenters. The summed E-state index contributed by atoms with van der Waals surface area (Å²) in [4.78, 5) is 9.85. The molecule has 0 fully saturated rings. The first-order valence-electron chi connectivity index (χ1n) is 11.2. The maximum absolute atomic E-state index is 6.42. The summed E-state index contributed by atoms with van der Waals surface area (Å²) in [7, 11) is 0. The Morgan fingerprint density at radius 3 is 2.63 bits per heavy atom. The first-order chi connectivity index (χ1) is 17.3. The van der Waals surface area contributed by atoms with E-state index in [0.717, 1.165) is 48.4 Å². The molecule has 0 saturated carbocycles. The normalized spacial score (nSPS) is 11.6. The van der Waals surface area contributed by atoms with Crippen LogP contribution in [0.2, 0.25) is 5.02 Å². The number of benzene rings is 3. The number of hydrogen-bond acceptors (Lipinski definition) is 5. The molecule has 0 aliphatic heterocycles. The topological polar surface area (TPSA) is 55.1 Å². The van der Waals surface area contributed by atoms with Crippen molar-refractivity contribution in [2.45, 2.75) is 6.54 Å². The summed E-state index contributed by atoms with van der Waals surface area (Å²) in [6.45, 7) is 0.684. The molecule has 170 valence electrons. The molecule has 6 aromatic rings. The van der Waals surface area contributed by atoms with Gasteiger partial charge in [-0.25, -0.2) is 9.97 Å². The molecule has 0 aliphatic rings. The van der Waals surface area contributed by atoms with E-state index in [9.17, 15) is 0 Å². The van der Waals surface area contributed by atoms with Crippen molar-refractivity contribution in [2.75, 3.05) is 5.43 Å². The summed E-state index contributed by atoms with van der Waals surface area (Å²) < 4.78 is 2.20. The van der Waals surface area contributed by atoms with Crippen molar-refractivity contribution in [3.63, 3.8) is 0 Å². The number of anilines is 1. The molecule has 0 amide bonds. The zero-order valence-corrected chi connectivity index (χ0v) is 20.2. The lowest BCUT2D eigenvalue weighted by Gasteiger charge is -2.07. The summed E-state index contributed by atoms with van der Waals surface area (Å²) in [5.41, 5.74) is 8.60. The van der Waals surface area contributed by atoms with Crippen LogP contribution in [0.3, 0.4) is 0 Å². The number of halogens is 1. The number of rotatable bonds is 6. The van der Waals surface area contributed by atoms with Crippen LogP contribution in [0, 0.1) is 0 Å². The van der Waals surface area contributed by atoms with Crippen LogP contribution in [0.4, 0.5) is 5.82 Å². The lowest BCUT2D eigenvalue weighted by atomic mass is 10.1. The van der Waals surface area contributed by atoms with Gasteiger partial charge in [-0.05, 0) is 23.3 Å². The van der Waals surface area contributed by atoms with Gasteiger partial charge in [0.1, 0.15) is 11.2 Å². The van der Waals surface area contributed by atoms with E-state index in [1.165, 1.54) is 0 Å². The van der Waals surface area contributed by atoms with E-state index < -0.39 is 0 Å². The number of thiophene rings is 1. The average Bonchev–Trinajstić information content (AvgIpc) is 3.49. The monoisotopic (exact) mass is 493 g/mol. The van der Waals surface area contributed by atoms with E-state index in [-0.39, 0.29) is 0 Å². The molecule has 3 aromatic heterocycles. The van der Waals surface area contributed by atoms with Gasteiger partial charge in [-0.15, -0.1) is 11.3 Å². The summed E-state index contributed by atoms with van der Waals surface area (Å²) in [6.07, 6.45) is 5.52. The Hall–Kier alpha value is -4.00. The quantitative estimate of drug-likeness (QED) is 0.193. The minimum Gasteiger partial charge on any atom is -0.342 e. The molecule has 0 aliphatic carbocycles. The lowest BCUT2D eigenvalue weighted by Crippen LogP contribution is -1.98. The second-order valence-corrected chi connectivity index (χ2v) is 9.37. The first-order valence-corrected chi connectivity index (χ1v) is 12.4. The van der Waals surface area contributed by atoms with Crippen molar-refractivity contribution < 1.29 is 0 Å². The van der Waals surface area contributed by atoms with Crippen molar-refractivity contribution in [1.82, 2.24) is 14.5 Å². The highest BCUT2D eigenvalue weighted by molar-refractivity contribution is 7.17. The van der Waals surface area contributed by atoms with Crippen LogP contribution in [-0.4, -0.2) is 20.7 Å². The Balaban J connectivity index is 1.33. The summed E-state index contributed by atoms with van der Waals surface area (Å²) in [5, 5.41) is 9.54. The van der Waals surface area contributed by atoms with Crippen LogP contribution in [-0.2, 0) is 6.54 Å². The number of nitrogens with one attached hydrogen (secondary N) is 1. The SMILES string of the molecule is Clc1ccccc1Cn1cc(C=NNc2ncnc3scc(-c4ccccc4)c23)c2ccccc21. The van der Waals surface area contributed by atoms with Gasteiger partial charge in [0.05, 0.1) is 11.6 Å². The number of nitrogens with zero attached hydrogens (tertiary/aromatic N) is 4. The van der Waals surface area contributed by atoms with Crippen molar-refractivity contribution in [1.29, 1.82) is 0 Å². The Morgan fingerprint density at radius 2 is 1.74 bits per heavy atom. The molecule has 6 rings (SSSR count).